The van der Waals surface area contributed by atoms with Gasteiger partial charge in [-0.25, -0.2) is 0 Å². The van der Waals surface area contributed by atoms with Crippen LogP contribution in [0.25, 0.3) is 0 Å². The van der Waals surface area contributed by atoms with E-state index in [1.807, 2.05) is 6.92 Å². The first-order valence-corrected chi connectivity index (χ1v) is 6.76. The van der Waals surface area contributed by atoms with Crippen molar-refractivity contribution in [2.75, 3.05) is 13.2 Å². The molecule has 5 nitrogen and oxygen atoms in total. The average Bonchev–Trinajstić information content (AvgIpc) is 2.71. The van der Waals surface area contributed by atoms with E-state index in [4.69, 9.17) is 4.74 Å². The molecule has 0 radical (unpaired) electrons. The summed E-state index contributed by atoms with van der Waals surface area (Å²) < 4.78 is 5.12. The van der Waals surface area contributed by atoms with E-state index in [1.165, 1.54) is 12.2 Å². The molecule has 1 atom stereocenters. The molecule has 0 spiro atoms. The molecule has 1 aliphatic heterocycles. The van der Waals surface area contributed by atoms with Gasteiger partial charge in [-0.05, 0) is 12.8 Å². The summed E-state index contributed by atoms with van der Waals surface area (Å²) in [7, 11) is 0. The number of hydrogen-bond acceptors (Lipinski definition) is 4. The van der Waals surface area contributed by atoms with E-state index in [0.29, 0.717) is 13.0 Å². The number of imide groups is 1. The first-order chi connectivity index (χ1) is 9.06. The van der Waals surface area contributed by atoms with Crippen molar-refractivity contribution in [2.24, 2.45) is 5.92 Å². The molecule has 0 aromatic heterocycles. The van der Waals surface area contributed by atoms with Gasteiger partial charge in [0, 0.05) is 18.7 Å². The molecule has 106 valence electrons. The van der Waals surface area contributed by atoms with Crippen LogP contribution >= 0.6 is 0 Å². The third-order valence-electron chi connectivity index (χ3n) is 3.06. The van der Waals surface area contributed by atoms with Crippen molar-refractivity contribution in [3.05, 3.63) is 12.2 Å². The molecule has 19 heavy (non-hydrogen) atoms. The Balaban J connectivity index is 2.15. The Morgan fingerprint density at radius 2 is 1.89 bits per heavy atom. The Hall–Kier alpha value is -1.65. The van der Waals surface area contributed by atoms with E-state index in [2.05, 4.69) is 6.92 Å². The fourth-order valence-electron chi connectivity index (χ4n) is 1.82. The molecule has 1 unspecified atom stereocenters. The van der Waals surface area contributed by atoms with Crippen LogP contribution in [0.2, 0.25) is 0 Å². The maximum atomic E-state index is 11.6. The molecule has 0 aromatic rings. The van der Waals surface area contributed by atoms with Crippen LogP contribution in [0.1, 0.15) is 39.5 Å². The van der Waals surface area contributed by atoms with E-state index in [9.17, 15) is 14.4 Å². The van der Waals surface area contributed by atoms with E-state index >= 15 is 0 Å². The maximum absolute atomic E-state index is 11.6. The molecular weight excluding hydrogens is 246 g/mol. The fraction of sp³-hybridized carbons (Fsp3) is 0.643. The lowest BCUT2D eigenvalue weighted by atomic mass is 10.1. The van der Waals surface area contributed by atoms with Crippen LogP contribution in [0.15, 0.2) is 12.2 Å². The molecule has 1 heterocycles. The Labute approximate surface area is 113 Å². The summed E-state index contributed by atoms with van der Waals surface area (Å²) in [6.45, 7) is 4.47. The Bertz CT molecular complexity index is 358. The summed E-state index contributed by atoms with van der Waals surface area (Å²) in [5.74, 6) is -0.886. The quantitative estimate of drug-likeness (QED) is 0.381. The van der Waals surface area contributed by atoms with Crippen LogP contribution in [-0.4, -0.2) is 35.8 Å². The maximum Gasteiger partial charge on any atom is 0.308 e. The first-order valence-electron chi connectivity index (χ1n) is 6.76. The highest BCUT2D eigenvalue weighted by atomic mass is 16.5. The zero-order chi connectivity index (χ0) is 14.3. The van der Waals surface area contributed by atoms with Gasteiger partial charge in [0.1, 0.15) is 0 Å². The number of hydrogen-bond donors (Lipinski definition) is 0. The molecule has 0 fully saturated rings. The average molecular weight is 267 g/mol. The number of amides is 2. The molecule has 5 heteroatoms. The van der Waals surface area contributed by atoms with Crippen molar-refractivity contribution in [1.82, 2.24) is 4.90 Å². The van der Waals surface area contributed by atoms with Gasteiger partial charge in [-0.15, -0.1) is 0 Å². The topological polar surface area (TPSA) is 63.7 Å². The lowest BCUT2D eigenvalue weighted by Crippen LogP contribution is -2.31. The molecule has 0 aliphatic carbocycles. The van der Waals surface area contributed by atoms with Crippen LogP contribution in [0.3, 0.4) is 0 Å². The minimum atomic E-state index is -0.298. The van der Waals surface area contributed by atoms with Crippen molar-refractivity contribution < 1.29 is 19.1 Å². The summed E-state index contributed by atoms with van der Waals surface area (Å²) in [5, 5.41) is 0. The van der Waals surface area contributed by atoms with Crippen LogP contribution < -0.4 is 0 Å². The predicted molar refractivity (Wildman–Crippen MR) is 70.1 cm³/mol. The lowest BCUT2D eigenvalue weighted by Gasteiger charge is -2.14. The zero-order valence-electron chi connectivity index (χ0n) is 11.6. The fourth-order valence-corrected chi connectivity index (χ4v) is 1.82. The second kappa shape index (κ2) is 7.71. The predicted octanol–water partition coefficient (Wildman–Crippen LogP) is 1.67. The molecule has 2 amide bonds. The van der Waals surface area contributed by atoms with Crippen LogP contribution in [0, 0.1) is 5.92 Å². The highest BCUT2D eigenvalue weighted by Gasteiger charge is 2.22. The summed E-state index contributed by atoms with van der Waals surface area (Å²) in [6, 6.07) is 0. The van der Waals surface area contributed by atoms with Crippen LogP contribution in [-0.2, 0) is 19.1 Å². The summed E-state index contributed by atoms with van der Waals surface area (Å²) in [5.41, 5.74) is 0. The number of carbonyl (C=O) groups excluding carboxylic acids is 3. The summed E-state index contributed by atoms with van der Waals surface area (Å²) >= 11 is 0. The summed E-state index contributed by atoms with van der Waals surface area (Å²) in [6.07, 6.45) is 5.89. The van der Waals surface area contributed by atoms with Gasteiger partial charge < -0.3 is 4.74 Å². The van der Waals surface area contributed by atoms with Crippen molar-refractivity contribution in [1.29, 1.82) is 0 Å². The molecule has 0 saturated carbocycles. The molecule has 1 aliphatic rings. The number of esters is 1. The monoisotopic (exact) mass is 267 g/mol. The number of ether oxygens (including phenoxy) is 1. The standard InChI is InChI=1S/C14H21NO4/c1-3-4-6-11(2)14(18)19-10-5-9-15-12(16)7-8-13(15)17/h7-8,11H,3-6,9-10H2,1-2H3. The van der Waals surface area contributed by atoms with Gasteiger partial charge in [-0.2, -0.15) is 0 Å². The molecule has 0 saturated heterocycles. The largest absolute Gasteiger partial charge is 0.465 e. The summed E-state index contributed by atoms with van der Waals surface area (Å²) in [4.78, 5) is 35.2. The molecular formula is C14H21NO4. The Morgan fingerprint density at radius 3 is 2.47 bits per heavy atom. The van der Waals surface area contributed by atoms with Crippen molar-refractivity contribution in [3.63, 3.8) is 0 Å². The van der Waals surface area contributed by atoms with Gasteiger partial charge >= 0.3 is 5.97 Å². The van der Waals surface area contributed by atoms with E-state index in [0.717, 1.165) is 24.2 Å². The molecule has 0 aromatic carbocycles. The van der Waals surface area contributed by atoms with Crippen molar-refractivity contribution in [2.45, 2.75) is 39.5 Å². The molecule has 0 N–H and O–H groups in total. The van der Waals surface area contributed by atoms with Gasteiger partial charge in [-0.1, -0.05) is 26.7 Å². The Morgan fingerprint density at radius 1 is 1.26 bits per heavy atom. The number of carbonyl (C=O) groups is 3. The van der Waals surface area contributed by atoms with Gasteiger partial charge in [0.25, 0.3) is 11.8 Å². The zero-order valence-corrected chi connectivity index (χ0v) is 11.6. The third kappa shape index (κ3) is 4.85. The smallest absolute Gasteiger partial charge is 0.308 e. The van der Waals surface area contributed by atoms with Gasteiger partial charge in [0.05, 0.1) is 12.5 Å². The lowest BCUT2D eigenvalue weighted by molar-refractivity contribution is -0.148. The minimum Gasteiger partial charge on any atom is -0.465 e. The van der Waals surface area contributed by atoms with Crippen LogP contribution in [0.5, 0.6) is 0 Å². The SMILES string of the molecule is CCCCC(C)C(=O)OCCCN1C(=O)C=CC1=O. The first kappa shape index (κ1) is 15.4. The van der Waals surface area contributed by atoms with Crippen molar-refractivity contribution >= 4 is 17.8 Å². The molecule has 0 bridgehead atoms. The van der Waals surface area contributed by atoms with Crippen LogP contribution in [0.4, 0.5) is 0 Å². The van der Waals surface area contributed by atoms with Gasteiger partial charge in [0.2, 0.25) is 0 Å². The minimum absolute atomic E-state index is 0.0864. The van der Waals surface area contributed by atoms with E-state index in [-0.39, 0.29) is 30.3 Å². The third-order valence-corrected chi connectivity index (χ3v) is 3.06. The van der Waals surface area contributed by atoms with E-state index < -0.39 is 0 Å². The van der Waals surface area contributed by atoms with Gasteiger partial charge in [-0.3, -0.25) is 19.3 Å². The number of nitrogens with zero attached hydrogens (tertiary/aromatic N) is 1. The highest BCUT2D eigenvalue weighted by molar-refractivity contribution is 6.12. The van der Waals surface area contributed by atoms with E-state index in [1.54, 1.807) is 0 Å². The van der Waals surface area contributed by atoms with Crippen molar-refractivity contribution in [3.8, 4) is 0 Å². The number of rotatable bonds is 8. The highest BCUT2D eigenvalue weighted by Crippen LogP contribution is 2.10. The number of unbranched alkanes of at least 4 members (excludes halogenated alkanes) is 1. The Kier molecular flexibility index (Phi) is 6.25. The molecule has 1 rings (SSSR count). The normalized spacial score (nSPS) is 16.0. The van der Waals surface area contributed by atoms with Gasteiger partial charge in [0.15, 0.2) is 0 Å². The second-order valence-electron chi connectivity index (χ2n) is 4.73. The second-order valence-corrected chi connectivity index (χ2v) is 4.73.